The van der Waals surface area contributed by atoms with E-state index in [-0.39, 0.29) is 18.0 Å². The van der Waals surface area contributed by atoms with Crippen molar-refractivity contribution in [2.45, 2.75) is 25.4 Å². The quantitative estimate of drug-likeness (QED) is 0.590. The SMILES string of the molecule is CC(CS(=O)N(C)C(=N)N)c1sc(C2=NC3N=CC=CC3C2)cc1Cl. The van der Waals surface area contributed by atoms with Crippen LogP contribution in [0.3, 0.4) is 0 Å². The molecule has 1 aromatic heterocycles. The van der Waals surface area contributed by atoms with Gasteiger partial charge in [-0.25, -0.2) is 4.21 Å². The number of nitrogens with one attached hydrogen (secondary N) is 1. The summed E-state index contributed by atoms with van der Waals surface area (Å²) in [4.78, 5) is 11.2. The third-order valence-corrected chi connectivity index (χ3v) is 7.70. The van der Waals surface area contributed by atoms with Gasteiger partial charge in [-0.2, -0.15) is 0 Å². The zero-order valence-electron chi connectivity index (χ0n) is 14.0. The van der Waals surface area contributed by atoms with Gasteiger partial charge >= 0.3 is 0 Å². The molecule has 2 aliphatic heterocycles. The number of aliphatic imine (C=N–C) groups is 2. The van der Waals surface area contributed by atoms with Crippen molar-refractivity contribution in [2.75, 3.05) is 12.8 Å². The maximum atomic E-state index is 12.2. The van der Waals surface area contributed by atoms with Crippen LogP contribution in [0.5, 0.6) is 0 Å². The molecule has 0 fully saturated rings. The lowest BCUT2D eigenvalue weighted by atomic mass is 10.0. The Labute approximate surface area is 158 Å². The second-order valence-corrected chi connectivity index (χ2v) is 9.15. The Morgan fingerprint density at radius 3 is 3.08 bits per heavy atom. The van der Waals surface area contributed by atoms with Gasteiger partial charge in [-0.15, -0.1) is 11.3 Å². The van der Waals surface area contributed by atoms with Gasteiger partial charge in [-0.3, -0.25) is 19.7 Å². The van der Waals surface area contributed by atoms with Crippen LogP contribution in [-0.4, -0.2) is 45.4 Å². The van der Waals surface area contributed by atoms with Crippen LogP contribution in [0.2, 0.25) is 5.02 Å². The molecule has 134 valence electrons. The Kier molecular flexibility index (Phi) is 5.41. The summed E-state index contributed by atoms with van der Waals surface area (Å²) >= 11 is 8.02. The van der Waals surface area contributed by atoms with E-state index in [1.807, 2.05) is 19.1 Å². The van der Waals surface area contributed by atoms with E-state index in [1.54, 1.807) is 24.6 Å². The largest absolute Gasteiger partial charge is 0.369 e. The van der Waals surface area contributed by atoms with Gasteiger partial charge in [-0.1, -0.05) is 24.6 Å². The summed E-state index contributed by atoms with van der Waals surface area (Å²) in [5.74, 6) is 0.482. The minimum absolute atomic E-state index is 0.00363. The van der Waals surface area contributed by atoms with E-state index < -0.39 is 11.0 Å². The zero-order chi connectivity index (χ0) is 18.1. The Balaban J connectivity index is 1.74. The smallest absolute Gasteiger partial charge is 0.200 e. The summed E-state index contributed by atoms with van der Waals surface area (Å²) in [5, 5.41) is 8.05. The van der Waals surface area contributed by atoms with E-state index in [2.05, 4.69) is 11.1 Å². The van der Waals surface area contributed by atoms with Crippen LogP contribution in [0.25, 0.3) is 0 Å². The first kappa shape index (κ1) is 18.3. The molecule has 0 aliphatic carbocycles. The molecular formula is C16H20ClN5OS2. The number of thiophene rings is 1. The van der Waals surface area contributed by atoms with E-state index in [1.165, 1.54) is 4.31 Å². The molecule has 0 bridgehead atoms. The second kappa shape index (κ2) is 7.39. The second-order valence-electron chi connectivity index (χ2n) is 6.14. The van der Waals surface area contributed by atoms with Crippen LogP contribution >= 0.6 is 22.9 Å². The van der Waals surface area contributed by atoms with Crippen LogP contribution in [-0.2, 0) is 11.0 Å². The number of hydrogen-bond acceptors (Lipinski definition) is 5. The van der Waals surface area contributed by atoms with Crippen molar-refractivity contribution in [3.8, 4) is 0 Å². The Morgan fingerprint density at radius 1 is 1.64 bits per heavy atom. The van der Waals surface area contributed by atoms with Gasteiger partial charge in [0.2, 0.25) is 0 Å². The number of halogens is 1. The van der Waals surface area contributed by atoms with Crippen molar-refractivity contribution < 1.29 is 4.21 Å². The predicted octanol–water partition coefficient (Wildman–Crippen LogP) is 2.77. The van der Waals surface area contributed by atoms with Crippen LogP contribution < -0.4 is 5.73 Å². The molecule has 0 spiro atoms. The molecule has 3 heterocycles. The molecular weight excluding hydrogens is 378 g/mol. The summed E-state index contributed by atoms with van der Waals surface area (Å²) in [6.07, 6.45) is 6.76. The molecule has 0 saturated carbocycles. The lowest BCUT2D eigenvalue weighted by Gasteiger charge is -2.18. The van der Waals surface area contributed by atoms with Crippen molar-refractivity contribution in [3.63, 3.8) is 0 Å². The van der Waals surface area contributed by atoms with Gasteiger partial charge in [0.05, 0.1) is 21.4 Å². The third kappa shape index (κ3) is 3.86. The molecule has 4 atom stereocenters. The van der Waals surface area contributed by atoms with E-state index in [9.17, 15) is 4.21 Å². The number of hydrogen-bond donors (Lipinski definition) is 2. The first-order valence-electron chi connectivity index (χ1n) is 7.89. The van der Waals surface area contributed by atoms with Gasteiger partial charge in [0.25, 0.3) is 0 Å². The number of allylic oxidation sites excluding steroid dienone is 1. The molecule has 25 heavy (non-hydrogen) atoms. The van der Waals surface area contributed by atoms with Gasteiger partial charge < -0.3 is 5.73 Å². The highest BCUT2D eigenvalue weighted by Crippen LogP contribution is 2.37. The molecule has 0 amide bonds. The van der Waals surface area contributed by atoms with Crippen molar-refractivity contribution in [1.82, 2.24) is 4.31 Å². The fraction of sp³-hybridized carbons (Fsp3) is 0.438. The van der Waals surface area contributed by atoms with Crippen LogP contribution in [0, 0.1) is 11.3 Å². The summed E-state index contributed by atoms with van der Waals surface area (Å²) in [7, 11) is 0.192. The van der Waals surface area contributed by atoms with Crippen molar-refractivity contribution in [1.29, 1.82) is 5.41 Å². The number of nitrogens with two attached hydrogens (primary N) is 1. The van der Waals surface area contributed by atoms with Gasteiger partial charge in [-0.05, 0) is 12.1 Å². The molecule has 2 aliphatic rings. The lowest BCUT2D eigenvalue weighted by Crippen LogP contribution is -2.36. The first-order chi connectivity index (χ1) is 11.9. The third-order valence-electron chi connectivity index (χ3n) is 4.27. The molecule has 4 unspecified atom stereocenters. The van der Waals surface area contributed by atoms with Crippen LogP contribution in [0.15, 0.2) is 28.2 Å². The zero-order valence-corrected chi connectivity index (χ0v) is 16.4. The lowest BCUT2D eigenvalue weighted by molar-refractivity contribution is 0.572. The predicted molar refractivity (Wildman–Crippen MR) is 106 cm³/mol. The van der Waals surface area contributed by atoms with Gasteiger partial charge in [0.15, 0.2) is 5.96 Å². The van der Waals surface area contributed by atoms with E-state index in [4.69, 9.17) is 27.7 Å². The molecule has 3 rings (SSSR count). The Bertz CT molecular complexity index is 800. The van der Waals surface area contributed by atoms with Crippen LogP contribution in [0.1, 0.15) is 29.0 Å². The van der Waals surface area contributed by atoms with Crippen molar-refractivity contribution in [3.05, 3.63) is 33.0 Å². The molecule has 0 aromatic carbocycles. The topological polar surface area (TPSA) is 94.9 Å². The summed E-state index contributed by atoms with van der Waals surface area (Å²) in [6, 6.07) is 1.94. The normalized spacial score (nSPS) is 23.9. The number of guanidine groups is 1. The Morgan fingerprint density at radius 2 is 2.40 bits per heavy atom. The number of nitrogens with zero attached hydrogens (tertiary/aromatic N) is 3. The fourth-order valence-electron chi connectivity index (χ4n) is 2.81. The number of dihydropyridines is 1. The maximum absolute atomic E-state index is 12.2. The number of fused-ring (bicyclic) bond motifs is 1. The summed E-state index contributed by atoms with van der Waals surface area (Å²) in [5.41, 5.74) is 6.42. The van der Waals surface area contributed by atoms with Gasteiger partial charge in [0.1, 0.15) is 17.2 Å². The molecule has 0 saturated heterocycles. The standard InChI is InChI=1S/C16H20ClN5OS2/c1-9(8-25(23)22(2)16(18)19)14-11(17)7-13(24-14)12-6-10-4-3-5-20-15(10)21-12/h3-5,7,9-10,15H,6,8H2,1-2H3,(H3,18,19). The highest BCUT2D eigenvalue weighted by atomic mass is 35.5. The molecule has 6 nitrogen and oxygen atoms in total. The number of rotatable bonds is 5. The van der Waals surface area contributed by atoms with E-state index >= 15 is 0 Å². The Hall–Kier alpha value is -1.51. The minimum Gasteiger partial charge on any atom is -0.369 e. The van der Waals surface area contributed by atoms with E-state index in [0.29, 0.717) is 16.7 Å². The van der Waals surface area contributed by atoms with Crippen LogP contribution in [0.4, 0.5) is 0 Å². The molecule has 3 N–H and O–H groups in total. The summed E-state index contributed by atoms with van der Waals surface area (Å²) in [6.45, 7) is 1.98. The average molecular weight is 398 g/mol. The van der Waals surface area contributed by atoms with Gasteiger partial charge in [0, 0.05) is 36.4 Å². The van der Waals surface area contributed by atoms with Crippen molar-refractivity contribution >= 4 is 51.8 Å². The van der Waals surface area contributed by atoms with E-state index in [0.717, 1.165) is 21.9 Å². The molecule has 1 aromatic rings. The fourth-order valence-corrected chi connectivity index (χ4v) is 5.54. The molecule has 0 radical (unpaired) electrons. The first-order valence-corrected chi connectivity index (χ1v) is 10.4. The highest BCUT2D eigenvalue weighted by molar-refractivity contribution is 7.83. The van der Waals surface area contributed by atoms with Crippen molar-refractivity contribution in [2.24, 2.45) is 21.6 Å². The average Bonchev–Trinajstić information content (AvgIpc) is 3.17. The minimum atomic E-state index is -1.36. The summed E-state index contributed by atoms with van der Waals surface area (Å²) < 4.78 is 13.5. The highest BCUT2D eigenvalue weighted by Gasteiger charge is 2.30. The molecule has 9 heteroatoms. The monoisotopic (exact) mass is 397 g/mol. The maximum Gasteiger partial charge on any atom is 0.200 e.